The number of carbonyl (C=O) groups excluding carboxylic acids is 1. The molecule has 0 fully saturated rings. The molecule has 0 saturated carbocycles. The molecule has 2 nitrogen and oxygen atoms in total. The normalized spacial score (nSPS) is 14.7. The Morgan fingerprint density at radius 1 is 1.32 bits per heavy atom. The summed E-state index contributed by atoms with van der Waals surface area (Å²) >= 11 is 8.23. The van der Waals surface area contributed by atoms with Crippen LogP contribution in [0.2, 0.25) is 5.02 Å². The number of halogens is 1. The fourth-order valence-corrected chi connectivity index (χ4v) is 4.67. The van der Waals surface area contributed by atoms with E-state index in [-0.39, 0.29) is 5.91 Å². The van der Waals surface area contributed by atoms with E-state index in [2.05, 4.69) is 51.2 Å². The molecule has 0 aliphatic carbocycles. The second-order valence-electron chi connectivity index (χ2n) is 7.20. The van der Waals surface area contributed by atoms with Crippen molar-refractivity contribution in [1.82, 2.24) is 5.32 Å². The molecule has 0 saturated heterocycles. The first-order chi connectivity index (χ1) is 11.7. The number of nitrogens with one attached hydrogen (secondary N) is 1. The summed E-state index contributed by atoms with van der Waals surface area (Å²) in [6, 6.07) is 6.25. The van der Waals surface area contributed by atoms with Crippen LogP contribution in [0.1, 0.15) is 59.1 Å². The fourth-order valence-electron chi connectivity index (χ4n) is 3.20. The maximum atomic E-state index is 12.0. The molecule has 4 heteroatoms. The van der Waals surface area contributed by atoms with Crippen LogP contribution in [-0.2, 0) is 16.1 Å². The van der Waals surface area contributed by atoms with E-state index in [9.17, 15) is 4.79 Å². The summed E-state index contributed by atoms with van der Waals surface area (Å²) in [7, 11) is 0. The average Bonchev–Trinajstić information content (AvgIpc) is 2.52. The Bertz CT molecular complexity index is 624. The second kappa shape index (κ2) is 9.68. The van der Waals surface area contributed by atoms with Crippen molar-refractivity contribution in [2.24, 2.45) is 11.8 Å². The van der Waals surface area contributed by atoms with Crippen LogP contribution in [0.3, 0.4) is 0 Å². The largest absolute Gasteiger partial charge is 0.334 e. The number of benzene rings is 1. The van der Waals surface area contributed by atoms with E-state index in [0.29, 0.717) is 11.8 Å². The Hall–Kier alpha value is -0.930. The molecule has 1 N–H and O–H groups in total. The van der Waals surface area contributed by atoms with Gasteiger partial charge in [-0.2, -0.15) is 0 Å². The molecule has 1 aromatic rings. The van der Waals surface area contributed by atoms with Crippen LogP contribution in [0.5, 0.6) is 0 Å². The lowest BCUT2D eigenvalue weighted by molar-refractivity contribution is -0.119. The predicted octanol–water partition coefficient (Wildman–Crippen LogP) is 6.18. The zero-order chi connectivity index (χ0) is 19.2. The van der Waals surface area contributed by atoms with Crippen molar-refractivity contribution >= 4 is 29.3 Å². The summed E-state index contributed by atoms with van der Waals surface area (Å²) in [5.41, 5.74) is 3.38. The first-order valence-corrected chi connectivity index (χ1v) is 10.6. The Kier molecular flexibility index (Phi) is 8.56. The molecular weight excluding hydrogens is 350 g/mol. The zero-order valence-corrected chi connectivity index (χ0v) is 18.1. The molecule has 1 aromatic carbocycles. The zero-order valence-electron chi connectivity index (χ0n) is 16.6. The Morgan fingerprint density at radius 2 is 1.96 bits per heavy atom. The van der Waals surface area contributed by atoms with Gasteiger partial charge in [0.15, 0.2) is 0 Å². The molecule has 0 spiro atoms. The van der Waals surface area contributed by atoms with E-state index in [0.717, 1.165) is 23.4 Å². The second-order valence-corrected chi connectivity index (χ2v) is 8.63. The van der Waals surface area contributed by atoms with Crippen molar-refractivity contribution < 1.29 is 4.79 Å². The number of thioether (sulfide) groups is 1. The molecule has 0 heterocycles. The van der Waals surface area contributed by atoms with Crippen LogP contribution in [0.4, 0.5) is 0 Å². The molecule has 140 valence electrons. The molecule has 0 aliphatic heterocycles. The smallest absolute Gasteiger partial charge is 0.218 e. The Balaban J connectivity index is 3.40. The van der Waals surface area contributed by atoms with Crippen molar-refractivity contribution in [3.63, 3.8) is 0 Å². The Labute approximate surface area is 162 Å². The van der Waals surface area contributed by atoms with Crippen molar-refractivity contribution in [2.45, 2.75) is 59.3 Å². The molecule has 0 bridgehead atoms. The standard InChI is InChI=1S/C21H32ClNOS/c1-8-19(15(4)5)21(25-7,23-16(6)24)18-12-11-17(20(22)13-18)10-9-14(2)3/h8,11-15H,9-10H2,1-7H3,(H,23,24)/b19-8-. The van der Waals surface area contributed by atoms with Crippen LogP contribution >= 0.6 is 23.4 Å². The van der Waals surface area contributed by atoms with Gasteiger partial charge in [-0.05, 0) is 60.6 Å². The van der Waals surface area contributed by atoms with Gasteiger partial charge in [-0.3, -0.25) is 4.79 Å². The SMILES string of the molecule is C/C=C(/C(C)C)C(NC(C)=O)(SC)c1ccc(CCC(C)C)c(Cl)c1. The van der Waals surface area contributed by atoms with Gasteiger partial charge in [-0.25, -0.2) is 0 Å². The maximum Gasteiger partial charge on any atom is 0.218 e. The van der Waals surface area contributed by atoms with Gasteiger partial charge in [0.25, 0.3) is 0 Å². The van der Waals surface area contributed by atoms with Gasteiger partial charge in [0, 0.05) is 11.9 Å². The minimum absolute atomic E-state index is 0.0469. The summed E-state index contributed by atoms with van der Waals surface area (Å²) in [6.07, 6.45) is 6.23. The van der Waals surface area contributed by atoms with Crippen LogP contribution in [0, 0.1) is 11.8 Å². The van der Waals surface area contributed by atoms with Crippen molar-refractivity contribution in [3.05, 3.63) is 46.0 Å². The number of aryl methyl sites for hydroxylation is 1. The number of rotatable bonds is 8. The third-order valence-corrected chi connectivity index (χ3v) is 5.99. The fraction of sp³-hybridized carbons (Fsp3) is 0.571. The van der Waals surface area contributed by atoms with Gasteiger partial charge in [0.1, 0.15) is 4.87 Å². The minimum atomic E-state index is -0.588. The highest BCUT2D eigenvalue weighted by molar-refractivity contribution is 7.99. The van der Waals surface area contributed by atoms with Crippen LogP contribution in [-0.4, -0.2) is 12.2 Å². The van der Waals surface area contributed by atoms with Crippen LogP contribution in [0.25, 0.3) is 0 Å². The molecule has 25 heavy (non-hydrogen) atoms. The molecule has 1 unspecified atom stereocenters. The predicted molar refractivity (Wildman–Crippen MR) is 112 cm³/mol. The summed E-state index contributed by atoms with van der Waals surface area (Å²) in [6.45, 7) is 12.3. The van der Waals surface area contributed by atoms with E-state index in [1.54, 1.807) is 18.7 Å². The van der Waals surface area contributed by atoms with Crippen molar-refractivity contribution in [2.75, 3.05) is 6.26 Å². The molecule has 0 aliphatic rings. The van der Waals surface area contributed by atoms with Gasteiger partial charge in [-0.1, -0.05) is 57.5 Å². The number of amides is 1. The molecule has 1 amide bonds. The third kappa shape index (κ3) is 5.52. The minimum Gasteiger partial charge on any atom is -0.334 e. The highest BCUT2D eigenvalue weighted by Crippen LogP contribution is 2.43. The third-order valence-electron chi connectivity index (χ3n) is 4.45. The molecular formula is C21H32ClNOS. The number of allylic oxidation sites excluding steroid dienone is 1. The van der Waals surface area contributed by atoms with E-state index >= 15 is 0 Å². The molecule has 0 aromatic heterocycles. The summed E-state index contributed by atoms with van der Waals surface area (Å²) < 4.78 is 0. The molecule has 0 radical (unpaired) electrons. The average molecular weight is 382 g/mol. The first kappa shape index (κ1) is 22.1. The lowest BCUT2D eigenvalue weighted by Gasteiger charge is -2.38. The summed E-state index contributed by atoms with van der Waals surface area (Å²) in [4.78, 5) is 11.4. The highest BCUT2D eigenvalue weighted by atomic mass is 35.5. The molecule has 1 atom stereocenters. The van der Waals surface area contributed by atoms with E-state index in [1.807, 2.05) is 19.2 Å². The van der Waals surface area contributed by atoms with E-state index in [4.69, 9.17) is 11.6 Å². The quantitative estimate of drug-likeness (QED) is 0.430. The summed E-state index contributed by atoms with van der Waals surface area (Å²) in [5, 5.41) is 3.96. The monoisotopic (exact) mass is 381 g/mol. The molecule has 1 rings (SSSR count). The lowest BCUT2D eigenvalue weighted by atomic mass is 9.88. The number of hydrogen-bond acceptors (Lipinski definition) is 2. The van der Waals surface area contributed by atoms with Crippen LogP contribution < -0.4 is 5.32 Å². The van der Waals surface area contributed by atoms with Gasteiger partial charge in [0.05, 0.1) is 0 Å². The van der Waals surface area contributed by atoms with E-state index < -0.39 is 4.87 Å². The summed E-state index contributed by atoms with van der Waals surface area (Å²) in [5.74, 6) is 0.911. The van der Waals surface area contributed by atoms with Crippen molar-refractivity contribution in [1.29, 1.82) is 0 Å². The van der Waals surface area contributed by atoms with Gasteiger partial charge in [-0.15, -0.1) is 11.8 Å². The van der Waals surface area contributed by atoms with Gasteiger partial charge >= 0.3 is 0 Å². The van der Waals surface area contributed by atoms with Crippen molar-refractivity contribution in [3.8, 4) is 0 Å². The number of carbonyl (C=O) groups is 1. The van der Waals surface area contributed by atoms with Crippen LogP contribution in [0.15, 0.2) is 29.8 Å². The first-order valence-electron chi connectivity index (χ1n) is 8.97. The topological polar surface area (TPSA) is 29.1 Å². The number of hydrogen-bond donors (Lipinski definition) is 1. The maximum absolute atomic E-state index is 12.0. The highest BCUT2D eigenvalue weighted by Gasteiger charge is 2.37. The van der Waals surface area contributed by atoms with Gasteiger partial charge < -0.3 is 5.32 Å². The Morgan fingerprint density at radius 3 is 2.36 bits per heavy atom. The van der Waals surface area contributed by atoms with Gasteiger partial charge in [0.2, 0.25) is 5.91 Å². The lowest BCUT2D eigenvalue weighted by Crippen LogP contribution is -2.45. The van der Waals surface area contributed by atoms with E-state index in [1.165, 1.54) is 11.1 Å².